The van der Waals surface area contributed by atoms with Crippen molar-refractivity contribution >= 4 is 22.9 Å². The number of carbonyl (C=O) groups excluding carboxylic acids is 1. The second-order valence-electron chi connectivity index (χ2n) is 4.97. The van der Waals surface area contributed by atoms with Crippen molar-refractivity contribution in [3.8, 4) is 0 Å². The van der Waals surface area contributed by atoms with E-state index < -0.39 is 0 Å². The molecule has 0 fully saturated rings. The van der Waals surface area contributed by atoms with E-state index in [1.165, 1.54) is 0 Å². The highest BCUT2D eigenvalue weighted by Gasteiger charge is 2.17. The molecule has 2 heterocycles. The predicted molar refractivity (Wildman–Crippen MR) is 82.0 cm³/mol. The van der Waals surface area contributed by atoms with E-state index in [1.807, 2.05) is 54.9 Å². The van der Waals surface area contributed by atoms with Crippen molar-refractivity contribution in [2.24, 2.45) is 7.05 Å². The molecule has 0 radical (unpaired) electrons. The number of imidazole rings is 1. The minimum Gasteiger partial charge on any atom is -0.313 e. The number of hydrogen-bond acceptors (Lipinski definition) is 3. The topological polar surface area (TPSA) is 59.8 Å². The van der Waals surface area contributed by atoms with Crippen molar-refractivity contribution < 1.29 is 4.79 Å². The number of carbonyl (C=O) groups is 1. The van der Waals surface area contributed by atoms with Gasteiger partial charge in [-0.2, -0.15) is 0 Å². The number of anilines is 1. The Balaban J connectivity index is 1.85. The molecule has 1 unspecified atom stereocenters. The number of amides is 1. The summed E-state index contributed by atoms with van der Waals surface area (Å²) in [6.07, 6.45) is 3.38. The lowest BCUT2D eigenvalue weighted by molar-refractivity contribution is -0.117. The molecule has 3 rings (SSSR count). The maximum atomic E-state index is 12.4. The number of nitrogens with one attached hydrogen (secondary N) is 1. The quantitative estimate of drug-likeness (QED) is 0.802. The fraction of sp³-hybridized carbons (Fsp3) is 0.188. The summed E-state index contributed by atoms with van der Waals surface area (Å²) < 4.78 is 1.88. The van der Waals surface area contributed by atoms with Gasteiger partial charge >= 0.3 is 0 Å². The molecule has 21 heavy (non-hydrogen) atoms. The van der Waals surface area contributed by atoms with E-state index in [0.717, 1.165) is 16.6 Å². The summed E-state index contributed by atoms with van der Waals surface area (Å²) in [6, 6.07) is 11.5. The lowest BCUT2D eigenvalue weighted by Gasteiger charge is -2.11. The van der Waals surface area contributed by atoms with Gasteiger partial charge in [0.25, 0.3) is 0 Å². The van der Waals surface area contributed by atoms with Crippen LogP contribution in [0.25, 0.3) is 11.0 Å². The van der Waals surface area contributed by atoms with Gasteiger partial charge in [0.2, 0.25) is 11.9 Å². The molecule has 2 aromatic heterocycles. The number of para-hydroxylation sites is 2. The molecule has 5 nitrogen and oxygen atoms in total. The average molecular weight is 280 g/mol. The maximum absolute atomic E-state index is 12.4. The molecule has 106 valence electrons. The van der Waals surface area contributed by atoms with Gasteiger partial charge in [-0.25, -0.2) is 4.98 Å². The molecule has 1 N–H and O–H groups in total. The molecular weight excluding hydrogens is 264 g/mol. The molecule has 0 saturated heterocycles. The van der Waals surface area contributed by atoms with Crippen molar-refractivity contribution in [2.45, 2.75) is 12.8 Å². The normalized spacial score (nSPS) is 12.3. The van der Waals surface area contributed by atoms with Crippen LogP contribution >= 0.6 is 0 Å². The number of aromatic nitrogens is 3. The van der Waals surface area contributed by atoms with Gasteiger partial charge in [0, 0.05) is 19.4 Å². The van der Waals surface area contributed by atoms with Crippen molar-refractivity contribution in [1.29, 1.82) is 0 Å². The molecule has 1 atom stereocenters. The second kappa shape index (κ2) is 5.36. The van der Waals surface area contributed by atoms with Crippen LogP contribution in [0.2, 0.25) is 0 Å². The van der Waals surface area contributed by atoms with Gasteiger partial charge in [0.05, 0.1) is 17.0 Å². The van der Waals surface area contributed by atoms with Crippen LogP contribution < -0.4 is 5.32 Å². The van der Waals surface area contributed by atoms with Gasteiger partial charge in [-0.3, -0.25) is 15.1 Å². The Morgan fingerprint density at radius 2 is 1.90 bits per heavy atom. The zero-order valence-electron chi connectivity index (χ0n) is 11.9. The maximum Gasteiger partial charge on any atom is 0.233 e. The number of nitrogens with zero attached hydrogens (tertiary/aromatic N) is 3. The summed E-state index contributed by atoms with van der Waals surface area (Å²) in [5.74, 6) is 0.217. The highest BCUT2D eigenvalue weighted by molar-refractivity contribution is 5.95. The van der Waals surface area contributed by atoms with E-state index in [-0.39, 0.29) is 11.8 Å². The molecule has 3 aromatic rings. The Labute approximate surface area is 122 Å². The first-order valence-electron chi connectivity index (χ1n) is 6.79. The zero-order chi connectivity index (χ0) is 14.8. The van der Waals surface area contributed by atoms with E-state index in [9.17, 15) is 4.79 Å². The van der Waals surface area contributed by atoms with E-state index >= 15 is 0 Å². The number of pyridine rings is 1. The zero-order valence-corrected chi connectivity index (χ0v) is 11.9. The molecule has 0 bridgehead atoms. The third-order valence-electron chi connectivity index (χ3n) is 3.62. The van der Waals surface area contributed by atoms with Crippen LogP contribution in [-0.2, 0) is 11.8 Å². The molecule has 5 heteroatoms. The average Bonchev–Trinajstić information content (AvgIpc) is 2.84. The fourth-order valence-corrected chi connectivity index (χ4v) is 2.28. The molecule has 0 aliphatic carbocycles. The van der Waals surface area contributed by atoms with Crippen molar-refractivity contribution in [3.05, 3.63) is 54.4 Å². The van der Waals surface area contributed by atoms with Crippen LogP contribution in [0.4, 0.5) is 5.95 Å². The van der Waals surface area contributed by atoms with E-state index in [1.54, 1.807) is 12.4 Å². The van der Waals surface area contributed by atoms with Crippen LogP contribution in [-0.4, -0.2) is 20.4 Å². The third kappa shape index (κ3) is 2.50. The molecule has 0 spiro atoms. The van der Waals surface area contributed by atoms with Crippen molar-refractivity contribution in [3.63, 3.8) is 0 Å². The van der Waals surface area contributed by atoms with Gasteiger partial charge in [-0.1, -0.05) is 12.1 Å². The summed E-state index contributed by atoms with van der Waals surface area (Å²) in [6.45, 7) is 1.87. The van der Waals surface area contributed by atoms with Crippen LogP contribution in [0.3, 0.4) is 0 Å². The van der Waals surface area contributed by atoms with Crippen molar-refractivity contribution in [1.82, 2.24) is 14.5 Å². The first-order valence-corrected chi connectivity index (χ1v) is 6.79. The van der Waals surface area contributed by atoms with Gasteiger partial charge in [-0.15, -0.1) is 0 Å². The Morgan fingerprint density at radius 1 is 1.19 bits per heavy atom. The monoisotopic (exact) mass is 280 g/mol. The molecule has 0 aliphatic rings. The Hall–Kier alpha value is -2.69. The molecule has 0 saturated carbocycles. The molecular formula is C16H16N4O. The highest BCUT2D eigenvalue weighted by atomic mass is 16.2. The number of benzene rings is 1. The van der Waals surface area contributed by atoms with Crippen LogP contribution in [0, 0.1) is 0 Å². The number of rotatable bonds is 3. The van der Waals surface area contributed by atoms with E-state index in [4.69, 9.17) is 0 Å². The largest absolute Gasteiger partial charge is 0.313 e. The summed E-state index contributed by atoms with van der Waals surface area (Å²) in [5, 5.41) is 2.89. The van der Waals surface area contributed by atoms with Gasteiger partial charge < -0.3 is 4.57 Å². The smallest absolute Gasteiger partial charge is 0.233 e. The number of aryl methyl sites for hydroxylation is 1. The third-order valence-corrected chi connectivity index (χ3v) is 3.62. The number of hydrogen-bond donors (Lipinski definition) is 1. The lowest BCUT2D eigenvalue weighted by Crippen LogP contribution is -2.20. The summed E-state index contributed by atoms with van der Waals surface area (Å²) in [4.78, 5) is 20.8. The predicted octanol–water partition coefficient (Wildman–Crippen LogP) is 2.71. The summed E-state index contributed by atoms with van der Waals surface area (Å²) >= 11 is 0. The van der Waals surface area contributed by atoms with Gasteiger partial charge in [0.1, 0.15) is 0 Å². The van der Waals surface area contributed by atoms with Gasteiger partial charge in [0.15, 0.2) is 0 Å². The Morgan fingerprint density at radius 3 is 2.62 bits per heavy atom. The minimum atomic E-state index is -0.257. The van der Waals surface area contributed by atoms with Crippen LogP contribution in [0.1, 0.15) is 18.4 Å². The first-order chi connectivity index (χ1) is 10.2. The van der Waals surface area contributed by atoms with Crippen molar-refractivity contribution in [2.75, 3.05) is 5.32 Å². The number of fused-ring (bicyclic) bond motifs is 1. The van der Waals surface area contributed by atoms with Crippen LogP contribution in [0.15, 0.2) is 48.8 Å². The Kier molecular flexibility index (Phi) is 3.39. The lowest BCUT2D eigenvalue weighted by atomic mass is 10.0. The molecule has 1 aromatic carbocycles. The minimum absolute atomic E-state index is 0.0837. The fourth-order valence-electron chi connectivity index (χ4n) is 2.28. The molecule has 0 aliphatic heterocycles. The summed E-state index contributed by atoms with van der Waals surface area (Å²) in [5.41, 5.74) is 2.79. The summed E-state index contributed by atoms with van der Waals surface area (Å²) in [7, 11) is 1.89. The first kappa shape index (κ1) is 13.3. The second-order valence-corrected chi connectivity index (χ2v) is 4.97. The standard InChI is InChI=1S/C16H16N4O/c1-11(12-7-9-17-10-8-12)15(21)19-16-18-13-5-3-4-6-14(13)20(16)2/h3-11H,1-2H3,(H,18,19,21). The van der Waals surface area contributed by atoms with E-state index in [2.05, 4.69) is 15.3 Å². The SMILES string of the molecule is CC(C(=O)Nc1nc2ccccc2n1C)c1ccncc1. The van der Waals surface area contributed by atoms with Crippen LogP contribution in [0.5, 0.6) is 0 Å². The highest BCUT2D eigenvalue weighted by Crippen LogP contribution is 2.20. The molecule has 1 amide bonds. The Bertz CT molecular complexity index is 779. The van der Waals surface area contributed by atoms with Gasteiger partial charge in [-0.05, 0) is 36.8 Å². The van der Waals surface area contributed by atoms with E-state index in [0.29, 0.717) is 5.95 Å².